The van der Waals surface area contributed by atoms with Gasteiger partial charge in [0.1, 0.15) is 5.75 Å². The molecule has 1 saturated heterocycles. The molecule has 5 heteroatoms. The Morgan fingerprint density at radius 2 is 1.90 bits per heavy atom. The van der Waals surface area contributed by atoms with Gasteiger partial charge >= 0.3 is 0 Å². The highest BCUT2D eigenvalue weighted by Crippen LogP contribution is 2.29. The first kappa shape index (κ1) is 15.3. The van der Waals surface area contributed by atoms with Crippen molar-refractivity contribution < 1.29 is 24.1 Å². The lowest BCUT2D eigenvalue weighted by Gasteiger charge is -2.23. The van der Waals surface area contributed by atoms with E-state index < -0.39 is 11.9 Å². The van der Waals surface area contributed by atoms with Crippen molar-refractivity contribution in [3.05, 3.63) is 29.8 Å². The molecule has 1 N–H and O–H groups in total. The molecule has 20 heavy (non-hydrogen) atoms. The first-order valence-electron chi connectivity index (χ1n) is 6.81. The van der Waals surface area contributed by atoms with Crippen LogP contribution in [0.2, 0.25) is 0 Å². The molecule has 2 rings (SSSR count). The lowest BCUT2D eigenvalue weighted by molar-refractivity contribution is -0.151. The van der Waals surface area contributed by atoms with Crippen LogP contribution in [0.15, 0.2) is 24.3 Å². The number of ether oxygens (including phenoxy) is 4. The molecule has 0 aliphatic carbocycles. The highest BCUT2D eigenvalue weighted by atomic mass is 16.7. The minimum absolute atomic E-state index is 0.217. The minimum Gasteiger partial charge on any atom is -0.468 e. The van der Waals surface area contributed by atoms with Crippen molar-refractivity contribution in [1.29, 1.82) is 0 Å². The molecule has 1 aliphatic heterocycles. The molecule has 0 radical (unpaired) electrons. The van der Waals surface area contributed by atoms with Gasteiger partial charge in [-0.2, -0.15) is 0 Å². The molecular formula is C15H22O5. The van der Waals surface area contributed by atoms with E-state index in [1.54, 1.807) is 7.11 Å². The van der Waals surface area contributed by atoms with Gasteiger partial charge in [0.25, 0.3) is 0 Å². The number of hydrogen-bond acceptors (Lipinski definition) is 5. The van der Waals surface area contributed by atoms with Gasteiger partial charge in [-0.25, -0.2) is 0 Å². The first-order chi connectivity index (χ1) is 9.63. The van der Waals surface area contributed by atoms with Gasteiger partial charge in [0, 0.05) is 13.5 Å². The largest absolute Gasteiger partial charge is 0.468 e. The maximum atomic E-state index is 10.2. The van der Waals surface area contributed by atoms with Crippen LogP contribution in [-0.4, -0.2) is 38.0 Å². The summed E-state index contributed by atoms with van der Waals surface area (Å²) in [6.45, 7) is 3.37. The monoisotopic (exact) mass is 282 g/mol. The third kappa shape index (κ3) is 4.18. The number of methoxy groups -OCH3 is 1. The molecule has 1 fully saturated rings. The van der Waals surface area contributed by atoms with E-state index in [1.165, 1.54) is 0 Å². The van der Waals surface area contributed by atoms with Crippen LogP contribution < -0.4 is 4.74 Å². The molecule has 1 atom stereocenters. The molecule has 0 spiro atoms. The van der Waals surface area contributed by atoms with E-state index in [9.17, 15) is 5.11 Å². The van der Waals surface area contributed by atoms with Gasteiger partial charge in [0.05, 0.1) is 19.3 Å². The maximum absolute atomic E-state index is 10.2. The van der Waals surface area contributed by atoms with Gasteiger partial charge in [-0.1, -0.05) is 12.1 Å². The second-order valence-electron chi connectivity index (χ2n) is 5.01. The molecule has 0 bridgehead atoms. The normalized spacial score (nSPS) is 18.9. The molecule has 1 heterocycles. The molecule has 5 nitrogen and oxygen atoms in total. The van der Waals surface area contributed by atoms with Crippen LogP contribution >= 0.6 is 0 Å². The zero-order valence-corrected chi connectivity index (χ0v) is 12.0. The Labute approximate surface area is 119 Å². The van der Waals surface area contributed by atoms with Gasteiger partial charge in [-0.3, -0.25) is 0 Å². The lowest BCUT2D eigenvalue weighted by Crippen LogP contribution is -2.26. The fourth-order valence-corrected chi connectivity index (χ4v) is 2.18. The Bertz CT molecular complexity index is 397. The highest BCUT2D eigenvalue weighted by Gasteiger charge is 2.31. The van der Waals surface area contributed by atoms with Gasteiger partial charge in [0.15, 0.2) is 12.6 Å². The zero-order valence-electron chi connectivity index (χ0n) is 12.0. The van der Waals surface area contributed by atoms with E-state index in [-0.39, 0.29) is 6.79 Å². The van der Waals surface area contributed by atoms with Crippen molar-refractivity contribution in [2.45, 2.75) is 31.7 Å². The average Bonchev–Trinajstić information content (AvgIpc) is 2.90. The molecule has 1 aromatic rings. The Morgan fingerprint density at radius 3 is 2.50 bits per heavy atom. The van der Waals surface area contributed by atoms with Gasteiger partial charge in [-0.05, 0) is 31.0 Å². The number of hydrogen-bond donors (Lipinski definition) is 1. The molecule has 1 unspecified atom stereocenters. The van der Waals surface area contributed by atoms with Crippen LogP contribution in [0.1, 0.15) is 31.4 Å². The molecule has 0 saturated carbocycles. The second kappa shape index (κ2) is 7.04. The SMILES string of the molecule is COCOc1ccc(C(O)CCC2(C)OCCO2)cc1. The molecular weight excluding hydrogens is 260 g/mol. The third-order valence-corrected chi connectivity index (χ3v) is 3.38. The van der Waals surface area contributed by atoms with Crippen molar-refractivity contribution in [2.75, 3.05) is 27.1 Å². The summed E-state index contributed by atoms with van der Waals surface area (Å²) >= 11 is 0. The van der Waals surface area contributed by atoms with E-state index in [0.29, 0.717) is 26.1 Å². The molecule has 0 aromatic heterocycles. The molecule has 112 valence electrons. The van der Waals surface area contributed by atoms with Crippen molar-refractivity contribution in [2.24, 2.45) is 0 Å². The average molecular weight is 282 g/mol. The van der Waals surface area contributed by atoms with E-state index in [4.69, 9.17) is 18.9 Å². The van der Waals surface area contributed by atoms with Crippen molar-refractivity contribution in [3.63, 3.8) is 0 Å². The smallest absolute Gasteiger partial charge is 0.188 e. The van der Waals surface area contributed by atoms with Crippen molar-refractivity contribution in [3.8, 4) is 5.75 Å². The van der Waals surface area contributed by atoms with E-state index in [2.05, 4.69) is 0 Å². The summed E-state index contributed by atoms with van der Waals surface area (Å²) in [4.78, 5) is 0. The number of aliphatic hydroxyl groups excluding tert-OH is 1. The Morgan fingerprint density at radius 1 is 1.25 bits per heavy atom. The van der Waals surface area contributed by atoms with Gasteiger partial charge in [0.2, 0.25) is 0 Å². The predicted molar refractivity (Wildman–Crippen MR) is 73.4 cm³/mol. The zero-order chi connectivity index (χ0) is 14.4. The fraction of sp³-hybridized carbons (Fsp3) is 0.600. The third-order valence-electron chi connectivity index (χ3n) is 3.38. The highest BCUT2D eigenvalue weighted by molar-refractivity contribution is 5.28. The fourth-order valence-electron chi connectivity index (χ4n) is 2.18. The van der Waals surface area contributed by atoms with Crippen LogP contribution in [0.25, 0.3) is 0 Å². The summed E-state index contributed by atoms with van der Waals surface area (Å²) in [6, 6.07) is 7.35. The Hall–Kier alpha value is -1.14. The Kier molecular flexibility index (Phi) is 5.37. The second-order valence-corrected chi connectivity index (χ2v) is 5.01. The van der Waals surface area contributed by atoms with Crippen molar-refractivity contribution in [1.82, 2.24) is 0 Å². The topological polar surface area (TPSA) is 57.2 Å². The van der Waals surface area contributed by atoms with E-state index in [1.807, 2.05) is 31.2 Å². The molecule has 1 aromatic carbocycles. The first-order valence-corrected chi connectivity index (χ1v) is 6.81. The van der Waals surface area contributed by atoms with Crippen LogP contribution in [0.4, 0.5) is 0 Å². The maximum Gasteiger partial charge on any atom is 0.188 e. The predicted octanol–water partition coefficient (Wildman–Crippen LogP) is 2.25. The Balaban J connectivity index is 1.84. The number of benzene rings is 1. The number of aliphatic hydroxyl groups is 1. The standard InChI is InChI=1S/C15H22O5/c1-15(19-9-10-20-15)8-7-14(16)12-3-5-13(6-4-12)18-11-17-2/h3-6,14,16H,7-11H2,1-2H3. The van der Waals surface area contributed by atoms with Gasteiger partial charge < -0.3 is 24.1 Å². The lowest BCUT2D eigenvalue weighted by atomic mass is 10.0. The molecule has 1 aliphatic rings. The minimum atomic E-state index is -0.553. The summed E-state index contributed by atoms with van der Waals surface area (Å²) in [5.74, 6) is 0.167. The summed E-state index contributed by atoms with van der Waals surface area (Å²) in [6.07, 6.45) is 0.723. The van der Waals surface area contributed by atoms with Crippen LogP contribution in [0, 0.1) is 0 Å². The van der Waals surface area contributed by atoms with E-state index >= 15 is 0 Å². The van der Waals surface area contributed by atoms with Gasteiger partial charge in [-0.15, -0.1) is 0 Å². The summed E-state index contributed by atoms with van der Waals surface area (Å²) in [5.41, 5.74) is 0.858. The summed E-state index contributed by atoms with van der Waals surface area (Å²) in [5, 5.41) is 10.2. The summed E-state index contributed by atoms with van der Waals surface area (Å²) < 4.78 is 21.2. The quantitative estimate of drug-likeness (QED) is 0.777. The van der Waals surface area contributed by atoms with Crippen molar-refractivity contribution >= 4 is 0 Å². The molecule has 0 amide bonds. The van der Waals surface area contributed by atoms with Crippen LogP contribution in [-0.2, 0) is 14.2 Å². The van der Waals surface area contributed by atoms with Crippen LogP contribution in [0.5, 0.6) is 5.75 Å². The van der Waals surface area contributed by atoms with Crippen LogP contribution in [0.3, 0.4) is 0 Å². The number of rotatable bonds is 7. The summed E-state index contributed by atoms with van der Waals surface area (Å²) in [7, 11) is 1.58. The van der Waals surface area contributed by atoms with E-state index in [0.717, 1.165) is 11.3 Å².